The van der Waals surface area contributed by atoms with Crippen molar-refractivity contribution in [1.82, 2.24) is 25.6 Å². The van der Waals surface area contributed by atoms with Crippen molar-refractivity contribution < 1.29 is 24.9 Å². The second-order valence-electron chi connectivity index (χ2n) is 20.6. The van der Waals surface area contributed by atoms with Gasteiger partial charge in [-0.15, -0.1) is 15.0 Å². The fourth-order valence-electron chi connectivity index (χ4n) is 10.3. The number of fused-ring (bicyclic) bond motifs is 1. The number of carboxylic acid groups (broad SMARTS) is 2. The van der Waals surface area contributed by atoms with Gasteiger partial charge in [-0.25, -0.2) is 0 Å². The highest BCUT2D eigenvalue weighted by Gasteiger charge is 2.58. The maximum Gasteiger partial charge on any atom is 0.310 e. The minimum Gasteiger partial charge on any atom is -0.505 e. The summed E-state index contributed by atoms with van der Waals surface area (Å²) in [5.74, 6) is -0.923. The van der Waals surface area contributed by atoms with Crippen LogP contribution in [0, 0.1) is 24.2 Å². The number of carbonyl (C=O) groups is 2. The highest BCUT2D eigenvalue weighted by atomic mass is 35.5. The molecule has 312 valence electrons. The number of phenolic OH excluding ortho intramolecular Hbond substituents is 1. The molecule has 5 N–H and O–H groups in total. The molecule has 0 bridgehead atoms. The van der Waals surface area contributed by atoms with Crippen LogP contribution in [0.5, 0.6) is 5.75 Å². The fourth-order valence-corrected chi connectivity index (χ4v) is 10.4. The van der Waals surface area contributed by atoms with Crippen LogP contribution in [0.2, 0.25) is 5.02 Å². The highest BCUT2D eigenvalue weighted by Crippen LogP contribution is 2.55. The summed E-state index contributed by atoms with van der Waals surface area (Å²) in [6.07, 6.45) is 8.80. The number of hydrogen-bond donors (Lipinski definition) is 5. The van der Waals surface area contributed by atoms with Crippen LogP contribution in [0.25, 0.3) is 16.7 Å². The number of hydrogen-bond acceptors (Lipinski definition) is 7. The molecule has 2 fully saturated rings. The van der Waals surface area contributed by atoms with E-state index in [2.05, 4.69) is 97.0 Å². The van der Waals surface area contributed by atoms with E-state index in [1.807, 2.05) is 25.1 Å². The van der Waals surface area contributed by atoms with Crippen LogP contribution in [0.15, 0.2) is 30.3 Å². The van der Waals surface area contributed by atoms with Crippen LogP contribution in [-0.2, 0) is 15.0 Å². The van der Waals surface area contributed by atoms with Crippen LogP contribution >= 0.6 is 11.6 Å². The minimum absolute atomic E-state index is 0.109. The largest absolute Gasteiger partial charge is 0.505 e. The Balaban J connectivity index is 0.000000271. The molecular formula is C45H70ClN5O5. The quantitative estimate of drug-likeness (QED) is 0.113. The maximum absolute atomic E-state index is 13.4. The Labute approximate surface area is 340 Å². The van der Waals surface area contributed by atoms with Crippen LogP contribution in [0.1, 0.15) is 158 Å². The van der Waals surface area contributed by atoms with Gasteiger partial charge in [0.2, 0.25) is 0 Å². The lowest BCUT2D eigenvalue weighted by molar-refractivity contribution is -0.166. The van der Waals surface area contributed by atoms with Gasteiger partial charge in [0.05, 0.1) is 5.41 Å². The first-order valence-corrected chi connectivity index (χ1v) is 20.9. The van der Waals surface area contributed by atoms with E-state index in [0.717, 1.165) is 68.0 Å². The molecule has 0 atom stereocenters. The lowest BCUT2D eigenvalue weighted by atomic mass is 9.52. The molecule has 56 heavy (non-hydrogen) atoms. The molecule has 2 aromatic carbocycles. The van der Waals surface area contributed by atoms with Crippen molar-refractivity contribution in [2.24, 2.45) is 17.3 Å². The van der Waals surface area contributed by atoms with Crippen molar-refractivity contribution in [3.05, 3.63) is 46.5 Å². The Morgan fingerprint density at radius 1 is 0.768 bits per heavy atom. The standard InChI is InChI=1S/C28H52N2O4.C17H18ClN3O/c1-24(2)16-20(17-25(3,4)29-24)28(23(33)34,15-13-11-9-10-12-14-22(31)32)21-18-26(5,6)30-27(7,8)19-21;1-10-7-12(17(2,3)4)16(22)15(8-10)21-19-13-6-5-11(18)9-14(13)20-21/h20-21,29-30H,9-19H2,1-8H3,(H,31,32)(H,33,34);5-9,22H,1-4H3. The van der Waals surface area contributed by atoms with Crippen LogP contribution < -0.4 is 10.6 Å². The van der Waals surface area contributed by atoms with Gasteiger partial charge in [0.25, 0.3) is 0 Å². The summed E-state index contributed by atoms with van der Waals surface area (Å²) < 4.78 is 0. The predicted molar refractivity (Wildman–Crippen MR) is 227 cm³/mol. The second kappa shape index (κ2) is 16.9. The van der Waals surface area contributed by atoms with E-state index < -0.39 is 17.4 Å². The SMILES string of the molecule is CC1(C)CC(C(CCCCCCCC(=O)O)(C(=O)O)C2CC(C)(C)NC(C)(C)C2)CC(C)(C)N1.Cc1cc(-n2nc3ccc(Cl)cc3n2)c(O)c(C(C)(C)C)c1. The van der Waals surface area contributed by atoms with Crippen molar-refractivity contribution in [2.75, 3.05) is 0 Å². The number of piperidine rings is 2. The molecular weight excluding hydrogens is 726 g/mol. The molecule has 3 heterocycles. The van der Waals surface area contributed by atoms with Gasteiger partial charge in [-0.2, -0.15) is 0 Å². The van der Waals surface area contributed by atoms with Gasteiger partial charge >= 0.3 is 11.9 Å². The molecule has 3 aromatic rings. The molecule has 11 heteroatoms. The number of aliphatic carboxylic acids is 2. The van der Waals surface area contributed by atoms with Crippen molar-refractivity contribution >= 4 is 34.6 Å². The number of rotatable bonds is 12. The zero-order valence-corrected chi connectivity index (χ0v) is 37.0. The van der Waals surface area contributed by atoms with Gasteiger partial charge in [-0.1, -0.05) is 64.1 Å². The zero-order valence-electron chi connectivity index (χ0n) is 36.2. The summed E-state index contributed by atoms with van der Waals surface area (Å²) in [4.78, 5) is 25.6. The summed E-state index contributed by atoms with van der Waals surface area (Å²) in [6, 6.07) is 9.24. The number of aromatic hydroxyl groups is 1. The molecule has 10 nitrogen and oxygen atoms in total. The first kappa shape index (κ1) is 45.5. The zero-order chi connectivity index (χ0) is 42.1. The number of nitrogens with one attached hydrogen (secondary N) is 2. The maximum atomic E-state index is 13.4. The third-order valence-electron chi connectivity index (χ3n) is 11.8. The summed E-state index contributed by atoms with van der Waals surface area (Å²) in [7, 11) is 0. The predicted octanol–water partition coefficient (Wildman–Crippen LogP) is 10.4. The fraction of sp³-hybridized carbons (Fsp3) is 0.689. The third kappa shape index (κ3) is 11.5. The third-order valence-corrected chi connectivity index (χ3v) is 12.1. The van der Waals surface area contributed by atoms with E-state index >= 15 is 0 Å². The highest BCUT2D eigenvalue weighted by molar-refractivity contribution is 6.31. The Morgan fingerprint density at radius 3 is 1.73 bits per heavy atom. The smallest absolute Gasteiger partial charge is 0.310 e. The van der Waals surface area contributed by atoms with Crippen molar-refractivity contribution in [3.63, 3.8) is 0 Å². The van der Waals surface area contributed by atoms with Gasteiger partial charge in [-0.05, 0) is 148 Å². The van der Waals surface area contributed by atoms with Gasteiger partial charge in [-0.3, -0.25) is 9.59 Å². The average molecular weight is 797 g/mol. The van der Waals surface area contributed by atoms with Gasteiger partial charge < -0.3 is 26.0 Å². The van der Waals surface area contributed by atoms with E-state index in [4.69, 9.17) is 16.7 Å². The van der Waals surface area contributed by atoms with Crippen molar-refractivity contribution in [1.29, 1.82) is 0 Å². The molecule has 2 aliphatic heterocycles. The van der Waals surface area contributed by atoms with E-state index in [1.165, 1.54) is 4.80 Å². The summed E-state index contributed by atoms with van der Waals surface area (Å²) in [6.45, 7) is 25.9. The van der Waals surface area contributed by atoms with E-state index in [9.17, 15) is 19.8 Å². The molecule has 0 saturated carbocycles. The monoisotopic (exact) mass is 796 g/mol. The summed E-state index contributed by atoms with van der Waals surface area (Å²) >= 11 is 5.99. The first-order chi connectivity index (χ1) is 25.7. The molecule has 5 rings (SSSR count). The Kier molecular flexibility index (Phi) is 13.8. The molecule has 0 radical (unpaired) electrons. The number of benzene rings is 2. The van der Waals surface area contributed by atoms with Gasteiger partial charge in [0, 0.05) is 39.2 Å². The molecule has 0 aliphatic carbocycles. The average Bonchev–Trinajstić information content (AvgIpc) is 3.43. The first-order valence-electron chi connectivity index (χ1n) is 20.6. The molecule has 1 aromatic heterocycles. The molecule has 0 amide bonds. The Morgan fingerprint density at radius 2 is 1.25 bits per heavy atom. The Hall–Kier alpha value is -3.21. The number of nitrogens with zero attached hydrogens (tertiary/aromatic N) is 3. The van der Waals surface area contributed by atoms with Gasteiger partial charge in [0.15, 0.2) is 0 Å². The molecule has 0 spiro atoms. The number of phenols is 1. The van der Waals surface area contributed by atoms with Crippen LogP contribution in [0.3, 0.4) is 0 Å². The van der Waals surface area contributed by atoms with E-state index in [-0.39, 0.29) is 51.6 Å². The minimum atomic E-state index is -0.756. The van der Waals surface area contributed by atoms with Gasteiger partial charge in [0.1, 0.15) is 22.5 Å². The Bertz CT molecular complexity index is 1790. The lowest BCUT2D eigenvalue weighted by Gasteiger charge is -2.57. The van der Waals surface area contributed by atoms with Crippen molar-refractivity contribution in [3.8, 4) is 11.4 Å². The molecule has 2 saturated heterocycles. The molecule has 0 unspecified atom stereocenters. The number of aromatic nitrogens is 3. The van der Waals surface area contributed by atoms with Crippen LogP contribution in [-0.4, -0.2) is 64.4 Å². The van der Waals surface area contributed by atoms with Crippen molar-refractivity contribution in [2.45, 2.75) is 181 Å². The summed E-state index contributed by atoms with van der Waals surface area (Å²) in [5.41, 5.74) is 2.59. The number of carboxylic acids is 2. The van der Waals surface area contributed by atoms with Crippen LogP contribution in [0.4, 0.5) is 0 Å². The number of aryl methyl sites for hydroxylation is 1. The number of halogens is 1. The molecule has 2 aliphatic rings. The lowest BCUT2D eigenvalue weighted by Crippen LogP contribution is -2.65. The topological polar surface area (TPSA) is 150 Å². The normalized spacial score (nSPS) is 19.7. The van der Waals surface area contributed by atoms with E-state index in [1.54, 1.807) is 12.1 Å². The number of unbranched alkanes of at least 4 members (excludes halogenated alkanes) is 4. The van der Waals surface area contributed by atoms with E-state index in [0.29, 0.717) is 29.1 Å². The second-order valence-corrected chi connectivity index (χ2v) is 21.0. The summed E-state index contributed by atoms with van der Waals surface area (Å²) in [5, 5.41) is 47.5.